The summed E-state index contributed by atoms with van der Waals surface area (Å²) in [5, 5.41) is 5.49. The van der Waals surface area contributed by atoms with Crippen molar-refractivity contribution in [3.8, 4) is 23.2 Å². The average molecular weight is 685 g/mol. The third kappa shape index (κ3) is 7.98. The van der Waals surface area contributed by atoms with E-state index in [-0.39, 0.29) is 36.1 Å². The lowest BCUT2D eigenvalue weighted by atomic mass is 10.0. The van der Waals surface area contributed by atoms with Gasteiger partial charge in [0.25, 0.3) is 5.91 Å². The Kier molecular flexibility index (Phi) is 10.2. The molecule has 0 bridgehead atoms. The summed E-state index contributed by atoms with van der Waals surface area (Å²) in [6, 6.07) is 12.8. The van der Waals surface area contributed by atoms with Crippen LogP contribution in [0.15, 0.2) is 54.7 Å². The Morgan fingerprint density at radius 2 is 1.84 bits per heavy atom. The predicted octanol–water partition coefficient (Wildman–Crippen LogP) is 4.48. The van der Waals surface area contributed by atoms with E-state index in [0.717, 1.165) is 37.8 Å². The van der Waals surface area contributed by atoms with Crippen LogP contribution in [-0.2, 0) is 37.4 Å². The molecule has 0 saturated carbocycles. The van der Waals surface area contributed by atoms with Gasteiger partial charge in [-0.15, -0.1) is 0 Å². The number of hydrogen-bond acceptors (Lipinski definition) is 7. The van der Waals surface area contributed by atoms with Gasteiger partial charge in [-0.3, -0.25) is 14.5 Å². The van der Waals surface area contributed by atoms with Gasteiger partial charge >= 0.3 is 6.18 Å². The number of amides is 2. The predicted molar refractivity (Wildman–Crippen MR) is 185 cm³/mol. The second-order valence-electron chi connectivity index (χ2n) is 12.6. The molecule has 10 nitrogen and oxygen atoms in total. The van der Waals surface area contributed by atoms with Crippen molar-refractivity contribution in [2.45, 2.75) is 38.9 Å². The second-order valence-corrected chi connectivity index (χ2v) is 12.6. The molecule has 6 rings (SSSR count). The lowest BCUT2D eigenvalue weighted by Gasteiger charge is -2.35. The number of nitrogen functional groups attached to an aromatic ring is 1. The van der Waals surface area contributed by atoms with Crippen LogP contribution in [0.5, 0.6) is 0 Å². The number of rotatable bonds is 8. The molecule has 4 N–H and O–H groups in total. The molecular formula is C37H39F3N8O2. The number of benzene rings is 2. The smallest absolute Gasteiger partial charge is 0.368 e. The van der Waals surface area contributed by atoms with Crippen LogP contribution in [0.2, 0.25) is 0 Å². The maximum atomic E-state index is 14.1. The third-order valence-corrected chi connectivity index (χ3v) is 9.03. The zero-order valence-electron chi connectivity index (χ0n) is 28.0. The highest BCUT2D eigenvalue weighted by Crippen LogP contribution is 2.35. The van der Waals surface area contributed by atoms with Crippen LogP contribution in [0.3, 0.4) is 0 Å². The zero-order valence-corrected chi connectivity index (χ0v) is 28.0. The number of carbonyl (C=O) groups excluding carboxylic acids is 2. The van der Waals surface area contributed by atoms with Crippen LogP contribution in [-0.4, -0.2) is 75.4 Å². The first-order valence-corrected chi connectivity index (χ1v) is 16.6. The van der Waals surface area contributed by atoms with Crippen molar-refractivity contribution in [1.82, 2.24) is 29.7 Å². The van der Waals surface area contributed by atoms with Crippen LogP contribution >= 0.6 is 0 Å². The topological polar surface area (TPSA) is 121 Å². The van der Waals surface area contributed by atoms with E-state index in [2.05, 4.69) is 44.3 Å². The lowest BCUT2D eigenvalue weighted by molar-refractivity contribution is -0.138. The number of carbonyl (C=O) groups is 2. The molecule has 4 aromatic rings. The van der Waals surface area contributed by atoms with E-state index in [1.807, 2.05) is 16.5 Å². The molecule has 0 atom stereocenters. The van der Waals surface area contributed by atoms with E-state index in [1.165, 1.54) is 18.3 Å². The molecule has 1 saturated heterocycles. The van der Waals surface area contributed by atoms with Gasteiger partial charge in [-0.05, 0) is 54.4 Å². The number of hydrogen-bond donors (Lipinski definition) is 3. The van der Waals surface area contributed by atoms with Crippen molar-refractivity contribution in [2.75, 3.05) is 50.3 Å². The minimum atomic E-state index is -4.56. The first-order valence-electron chi connectivity index (χ1n) is 16.6. The Morgan fingerprint density at radius 3 is 2.58 bits per heavy atom. The fraction of sp³-hybridized carbons (Fsp3) is 0.351. The molecule has 2 aliphatic rings. The molecule has 2 amide bonds. The second kappa shape index (κ2) is 14.7. The highest BCUT2D eigenvalue weighted by Gasteiger charge is 2.34. The van der Waals surface area contributed by atoms with Gasteiger partial charge < -0.3 is 25.8 Å². The number of anilines is 2. The van der Waals surface area contributed by atoms with Crippen molar-refractivity contribution in [1.29, 1.82) is 0 Å². The number of nitrogens with one attached hydrogen (secondary N) is 2. The molecule has 50 heavy (non-hydrogen) atoms. The zero-order chi connectivity index (χ0) is 35.4. The van der Waals surface area contributed by atoms with Crippen molar-refractivity contribution in [3.05, 3.63) is 93.8 Å². The van der Waals surface area contributed by atoms with Crippen molar-refractivity contribution in [2.24, 2.45) is 7.05 Å². The quantitative estimate of drug-likeness (QED) is 0.234. The standard InChI is InChI=1S/C37H39F3N8O2/c1-3-13-47-14-16-48(17-15-47)23-27-9-10-28(20-30(27)37(38,39)40)44-33(49)19-25-6-4-5-24(18-25)7-8-26-22-43-36(41)45-34(26)32-21-29-31(46(32)2)11-12-42-35(29)50/h4-6,9-10,18,20-22H,3,11-17,19,23H2,1-2H3,(H,42,50)(H,44,49)(H2,41,43,45). The number of nitrogens with two attached hydrogens (primary N) is 1. The van der Waals surface area contributed by atoms with Crippen LogP contribution < -0.4 is 16.4 Å². The highest BCUT2D eigenvalue weighted by atomic mass is 19.4. The van der Waals surface area contributed by atoms with Gasteiger partial charge in [-0.1, -0.05) is 37.0 Å². The van der Waals surface area contributed by atoms with Crippen molar-refractivity contribution >= 4 is 23.5 Å². The first kappa shape index (κ1) is 34.7. The summed E-state index contributed by atoms with van der Waals surface area (Å²) >= 11 is 0. The Balaban J connectivity index is 1.15. The maximum Gasteiger partial charge on any atom is 0.416 e. The summed E-state index contributed by atoms with van der Waals surface area (Å²) in [7, 11) is 1.87. The van der Waals surface area contributed by atoms with Gasteiger partial charge in [-0.25, -0.2) is 9.97 Å². The summed E-state index contributed by atoms with van der Waals surface area (Å²) in [5.74, 6) is 5.67. The SMILES string of the molecule is CCCN1CCN(Cc2ccc(NC(=O)Cc3cccc(C#Cc4cnc(N)nc4-c4cc5c(n4C)CCNC5=O)c3)cc2C(F)(F)F)CC1. The van der Waals surface area contributed by atoms with Gasteiger partial charge in [0.1, 0.15) is 5.69 Å². The largest absolute Gasteiger partial charge is 0.416 e. The molecule has 4 heterocycles. The van der Waals surface area contributed by atoms with E-state index in [0.29, 0.717) is 59.7 Å². The van der Waals surface area contributed by atoms with Crippen LogP contribution in [0.4, 0.5) is 24.8 Å². The van der Waals surface area contributed by atoms with E-state index >= 15 is 0 Å². The first-order chi connectivity index (χ1) is 24.0. The minimum absolute atomic E-state index is 0.0616. The summed E-state index contributed by atoms with van der Waals surface area (Å²) in [6.45, 7) is 6.95. The van der Waals surface area contributed by atoms with Gasteiger partial charge in [-0.2, -0.15) is 13.2 Å². The average Bonchev–Trinajstić information content (AvgIpc) is 3.42. The number of piperazine rings is 1. The fourth-order valence-corrected chi connectivity index (χ4v) is 6.51. The van der Waals surface area contributed by atoms with Gasteiger partial charge in [0.15, 0.2) is 0 Å². The number of alkyl halides is 3. The molecular weight excluding hydrogens is 645 g/mol. The minimum Gasteiger partial charge on any atom is -0.368 e. The molecule has 260 valence electrons. The molecule has 1 fully saturated rings. The molecule has 0 unspecified atom stereocenters. The molecule has 0 radical (unpaired) electrons. The summed E-state index contributed by atoms with van der Waals surface area (Å²) in [6.07, 6.45) is -1.36. The van der Waals surface area contributed by atoms with Crippen molar-refractivity contribution < 1.29 is 22.8 Å². The summed E-state index contributed by atoms with van der Waals surface area (Å²) in [4.78, 5) is 38.3. The van der Waals surface area contributed by atoms with Crippen LogP contribution in [0, 0.1) is 11.8 Å². The van der Waals surface area contributed by atoms with E-state index in [9.17, 15) is 22.8 Å². The third-order valence-electron chi connectivity index (χ3n) is 9.03. The Hall–Kier alpha value is -5.19. The number of aromatic nitrogens is 3. The van der Waals surface area contributed by atoms with E-state index < -0.39 is 17.6 Å². The number of fused-ring (bicyclic) bond motifs is 1. The normalized spacial score (nSPS) is 15.2. The Morgan fingerprint density at radius 1 is 1.06 bits per heavy atom. The molecule has 2 aromatic carbocycles. The van der Waals surface area contributed by atoms with Crippen LogP contribution in [0.25, 0.3) is 11.4 Å². The maximum absolute atomic E-state index is 14.1. The number of nitrogens with zero attached hydrogens (tertiary/aromatic N) is 5. The summed E-state index contributed by atoms with van der Waals surface area (Å²) in [5.41, 5.74) is 9.87. The Bertz CT molecular complexity index is 1970. The number of halogens is 3. The fourth-order valence-electron chi connectivity index (χ4n) is 6.51. The van der Waals surface area contributed by atoms with Gasteiger partial charge in [0.05, 0.1) is 28.8 Å². The van der Waals surface area contributed by atoms with E-state index in [4.69, 9.17) is 5.73 Å². The monoisotopic (exact) mass is 684 g/mol. The Labute approximate surface area is 288 Å². The molecule has 0 spiro atoms. The lowest BCUT2D eigenvalue weighted by Crippen LogP contribution is -2.46. The highest BCUT2D eigenvalue weighted by molar-refractivity contribution is 5.98. The van der Waals surface area contributed by atoms with Crippen LogP contribution in [0.1, 0.15) is 57.2 Å². The molecule has 2 aromatic heterocycles. The molecule has 13 heteroatoms. The van der Waals surface area contributed by atoms with E-state index in [1.54, 1.807) is 30.3 Å². The van der Waals surface area contributed by atoms with Gasteiger partial charge in [0, 0.05) is 75.9 Å². The summed E-state index contributed by atoms with van der Waals surface area (Å²) < 4.78 is 44.3. The molecule has 2 aliphatic heterocycles. The van der Waals surface area contributed by atoms with Gasteiger partial charge in [0.2, 0.25) is 11.9 Å². The van der Waals surface area contributed by atoms with Crippen molar-refractivity contribution in [3.63, 3.8) is 0 Å². The molecule has 0 aliphatic carbocycles.